The van der Waals surface area contributed by atoms with E-state index in [1.54, 1.807) is 4.90 Å². The fourth-order valence-electron chi connectivity index (χ4n) is 4.71. The molecule has 0 saturated heterocycles. The van der Waals surface area contributed by atoms with Crippen LogP contribution in [-0.4, -0.2) is 34.7 Å². The third-order valence-electron chi connectivity index (χ3n) is 6.42. The fourth-order valence-corrected chi connectivity index (χ4v) is 4.71. The van der Waals surface area contributed by atoms with Gasteiger partial charge in [-0.25, -0.2) is 4.98 Å². The van der Waals surface area contributed by atoms with Crippen molar-refractivity contribution < 1.29 is 19.1 Å². The maximum absolute atomic E-state index is 13.6. The number of ether oxygens (including phenoxy) is 2. The Morgan fingerprint density at radius 3 is 2.66 bits per heavy atom. The molecule has 8 nitrogen and oxygen atoms in total. The van der Waals surface area contributed by atoms with Crippen LogP contribution in [-0.2, 0) is 22.6 Å². The Balaban J connectivity index is 1.23. The number of carbonyl (C=O) groups excluding carboxylic acids is 2. The SMILES string of the molecule is O=C(CC1C(=O)N(Cc2ccc3c(c2)OCO3)c2nc3ccccc3n21)NCCc1ccccc1. The highest BCUT2D eigenvalue weighted by atomic mass is 16.7. The summed E-state index contributed by atoms with van der Waals surface area (Å²) >= 11 is 0. The van der Waals surface area contributed by atoms with Crippen molar-refractivity contribution in [1.29, 1.82) is 0 Å². The fraction of sp³-hybridized carbons (Fsp3) is 0.222. The third kappa shape index (κ3) is 3.97. The van der Waals surface area contributed by atoms with Gasteiger partial charge in [0.2, 0.25) is 18.6 Å². The highest BCUT2D eigenvalue weighted by Crippen LogP contribution is 2.38. The van der Waals surface area contributed by atoms with Gasteiger partial charge in [0.15, 0.2) is 11.5 Å². The number of rotatable bonds is 7. The van der Waals surface area contributed by atoms with Crippen molar-refractivity contribution in [2.24, 2.45) is 0 Å². The van der Waals surface area contributed by atoms with Gasteiger partial charge in [-0.3, -0.25) is 19.1 Å². The monoisotopic (exact) mass is 468 g/mol. The summed E-state index contributed by atoms with van der Waals surface area (Å²) in [5.74, 6) is 1.61. The molecule has 1 atom stereocenters. The lowest BCUT2D eigenvalue weighted by molar-refractivity contribution is -0.127. The molecule has 0 spiro atoms. The van der Waals surface area contributed by atoms with Crippen molar-refractivity contribution in [3.05, 3.63) is 83.9 Å². The second kappa shape index (κ2) is 8.79. The lowest BCUT2D eigenvalue weighted by atomic mass is 10.1. The van der Waals surface area contributed by atoms with E-state index >= 15 is 0 Å². The van der Waals surface area contributed by atoms with Crippen molar-refractivity contribution >= 4 is 28.8 Å². The number of hydrogen-bond donors (Lipinski definition) is 1. The van der Waals surface area contributed by atoms with E-state index in [-0.39, 0.29) is 25.0 Å². The van der Waals surface area contributed by atoms with Crippen LogP contribution in [0, 0.1) is 0 Å². The molecule has 1 N–H and O–H groups in total. The number of imidazole rings is 1. The standard InChI is InChI=1S/C27H24N4O4/c32-25(28-13-12-18-6-2-1-3-7-18)15-22-26(33)30(16-19-10-11-23-24(14-19)35-17-34-23)27-29-20-8-4-5-9-21(20)31(22)27/h1-11,14,22H,12-13,15-17H2,(H,28,32). The number of carbonyl (C=O) groups is 2. The first-order valence-electron chi connectivity index (χ1n) is 11.6. The molecule has 176 valence electrons. The van der Waals surface area contributed by atoms with Gasteiger partial charge in [0.05, 0.1) is 24.0 Å². The highest BCUT2D eigenvalue weighted by molar-refractivity contribution is 6.03. The van der Waals surface area contributed by atoms with Crippen LogP contribution in [0.2, 0.25) is 0 Å². The quantitative estimate of drug-likeness (QED) is 0.448. The molecule has 0 saturated carbocycles. The summed E-state index contributed by atoms with van der Waals surface area (Å²) in [6, 6.07) is 22.7. The van der Waals surface area contributed by atoms with Crippen molar-refractivity contribution in [2.45, 2.75) is 25.4 Å². The smallest absolute Gasteiger partial charge is 0.253 e. The van der Waals surface area contributed by atoms with E-state index in [1.807, 2.05) is 77.4 Å². The summed E-state index contributed by atoms with van der Waals surface area (Å²) in [6.45, 7) is 1.03. The van der Waals surface area contributed by atoms with E-state index in [9.17, 15) is 9.59 Å². The second-order valence-electron chi connectivity index (χ2n) is 8.69. The molecule has 0 fully saturated rings. The first kappa shape index (κ1) is 21.2. The van der Waals surface area contributed by atoms with Crippen LogP contribution in [0.4, 0.5) is 5.95 Å². The summed E-state index contributed by atoms with van der Waals surface area (Å²) < 4.78 is 12.8. The van der Waals surface area contributed by atoms with Crippen LogP contribution >= 0.6 is 0 Å². The number of nitrogens with one attached hydrogen (secondary N) is 1. The van der Waals surface area contributed by atoms with Crippen LogP contribution in [0.3, 0.4) is 0 Å². The maximum atomic E-state index is 13.6. The molecule has 6 rings (SSSR count). The summed E-state index contributed by atoms with van der Waals surface area (Å²) in [5, 5.41) is 2.97. The van der Waals surface area contributed by atoms with Crippen LogP contribution < -0.4 is 19.7 Å². The predicted molar refractivity (Wildman–Crippen MR) is 130 cm³/mol. The van der Waals surface area contributed by atoms with Gasteiger partial charge in [0.25, 0.3) is 5.91 Å². The number of aromatic nitrogens is 2. The van der Waals surface area contributed by atoms with E-state index in [2.05, 4.69) is 5.32 Å². The van der Waals surface area contributed by atoms with E-state index in [4.69, 9.17) is 14.5 Å². The number of anilines is 1. The Kier molecular flexibility index (Phi) is 5.33. The van der Waals surface area contributed by atoms with Gasteiger partial charge in [0, 0.05) is 6.54 Å². The van der Waals surface area contributed by atoms with Crippen molar-refractivity contribution in [2.75, 3.05) is 18.2 Å². The minimum Gasteiger partial charge on any atom is -0.454 e. The van der Waals surface area contributed by atoms with E-state index in [0.29, 0.717) is 30.5 Å². The molecule has 0 radical (unpaired) electrons. The maximum Gasteiger partial charge on any atom is 0.253 e. The highest BCUT2D eigenvalue weighted by Gasteiger charge is 2.41. The number of amides is 2. The average Bonchev–Trinajstić information content (AvgIpc) is 3.56. The van der Waals surface area contributed by atoms with Crippen LogP contribution in [0.1, 0.15) is 23.6 Å². The molecule has 2 aliphatic heterocycles. The van der Waals surface area contributed by atoms with Crippen LogP contribution in [0.5, 0.6) is 11.5 Å². The molecular weight excluding hydrogens is 444 g/mol. The van der Waals surface area contributed by atoms with Gasteiger partial charge < -0.3 is 14.8 Å². The number of benzene rings is 3. The van der Waals surface area contributed by atoms with Gasteiger partial charge in [-0.2, -0.15) is 0 Å². The summed E-state index contributed by atoms with van der Waals surface area (Å²) in [5.41, 5.74) is 3.68. The molecule has 1 unspecified atom stereocenters. The van der Waals surface area contributed by atoms with Crippen LogP contribution in [0.25, 0.3) is 11.0 Å². The summed E-state index contributed by atoms with van der Waals surface area (Å²) in [7, 11) is 0. The first-order chi connectivity index (χ1) is 17.2. The number of hydrogen-bond acceptors (Lipinski definition) is 5. The molecule has 3 heterocycles. The van der Waals surface area contributed by atoms with Crippen molar-refractivity contribution in [3.8, 4) is 11.5 Å². The molecule has 0 bridgehead atoms. The van der Waals surface area contributed by atoms with Gasteiger partial charge in [-0.05, 0) is 41.8 Å². The Bertz CT molecular complexity index is 1420. The van der Waals surface area contributed by atoms with Gasteiger partial charge in [-0.1, -0.05) is 48.5 Å². The van der Waals surface area contributed by atoms with E-state index in [0.717, 1.165) is 28.6 Å². The van der Waals surface area contributed by atoms with Gasteiger partial charge in [-0.15, -0.1) is 0 Å². The topological polar surface area (TPSA) is 85.7 Å². The Morgan fingerprint density at radius 2 is 1.77 bits per heavy atom. The molecule has 1 aromatic heterocycles. The molecule has 4 aromatic rings. The normalized spacial score (nSPS) is 16.1. The van der Waals surface area contributed by atoms with Gasteiger partial charge in [0.1, 0.15) is 6.04 Å². The minimum atomic E-state index is -0.650. The zero-order valence-corrected chi connectivity index (χ0v) is 19.0. The van der Waals surface area contributed by atoms with Crippen LogP contribution in [0.15, 0.2) is 72.8 Å². The summed E-state index contributed by atoms with van der Waals surface area (Å²) in [6.07, 6.45) is 0.791. The minimum absolute atomic E-state index is 0.0542. The average molecular weight is 469 g/mol. The molecule has 8 heteroatoms. The second-order valence-corrected chi connectivity index (χ2v) is 8.69. The Hall–Kier alpha value is -4.33. The number of nitrogens with zero attached hydrogens (tertiary/aromatic N) is 3. The zero-order valence-electron chi connectivity index (χ0n) is 19.0. The Labute approximate surface area is 202 Å². The largest absolute Gasteiger partial charge is 0.454 e. The van der Waals surface area contributed by atoms with Crippen molar-refractivity contribution in [3.63, 3.8) is 0 Å². The molecule has 0 aliphatic carbocycles. The lowest BCUT2D eigenvalue weighted by Gasteiger charge is -2.16. The first-order valence-corrected chi connectivity index (χ1v) is 11.6. The van der Waals surface area contributed by atoms with E-state index < -0.39 is 6.04 Å². The number of para-hydroxylation sites is 2. The number of fused-ring (bicyclic) bond motifs is 4. The molecule has 35 heavy (non-hydrogen) atoms. The zero-order chi connectivity index (χ0) is 23.8. The van der Waals surface area contributed by atoms with Crippen molar-refractivity contribution in [1.82, 2.24) is 14.9 Å². The lowest BCUT2D eigenvalue weighted by Crippen LogP contribution is -2.33. The van der Waals surface area contributed by atoms with Gasteiger partial charge >= 0.3 is 0 Å². The summed E-state index contributed by atoms with van der Waals surface area (Å²) in [4.78, 5) is 32.8. The predicted octanol–water partition coefficient (Wildman–Crippen LogP) is 3.60. The molecule has 2 amide bonds. The van der Waals surface area contributed by atoms with E-state index in [1.165, 1.54) is 0 Å². The Morgan fingerprint density at radius 1 is 0.971 bits per heavy atom. The molecule has 2 aliphatic rings. The molecule has 3 aromatic carbocycles. The third-order valence-corrected chi connectivity index (χ3v) is 6.42. The molecular formula is C27H24N4O4.